The first-order valence-corrected chi connectivity index (χ1v) is 10.8. The number of benzene rings is 2. The van der Waals surface area contributed by atoms with Gasteiger partial charge < -0.3 is 14.2 Å². The molecule has 0 unspecified atom stereocenters. The lowest BCUT2D eigenvalue weighted by Gasteiger charge is -2.13. The van der Waals surface area contributed by atoms with Crippen LogP contribution >= 0.6 is 34.2 Å². The summed E-state index contributed by atoms with van der Waals surface area (Å²) in [7, 11) is 0. The molecule has 0 N–H and O–H groups in total. The summed E-state index contributed by atoms with van der Waals surface area (Å²) in [5, 5.41) is 11.1. The Morgan fingerprint density at radius 2 is 2.06 bits per heavy atom. The Morgan fingerprint density at radius 1 is 1.31 bits per heavy atom. The molecular weight excluding hydrogens is 555 g/mol. The van der Waals surface area contributed by atoms with Crippen molar-refractivity contribution < 1.29 is 28.7 Å². The molecule has 32 heavy (non-hydrogen) atoms. The molecule has 0 atom stereocenters. The van der Waals surface area contributed by atoms with Crippen LogP contribution in [-0.4, -0.2) is 29.4 Å². The van der Waals surface area contributed by atoms with E-state index in [9.17, 15) is 19.7 Å². The number of carbonyl (C=O) groups excluding carboxylic acids is 2. The largest absolute Gasteiger partial charge is 0.490 e. The van der Waals surface area contributed by atoms with Crippen molar-refractivity contribution in [2.75, 3.05) is 6.61 Å². The van der Waals surface area contributed by atoms with E-state index in [1.807, 2.05) is 22.6 Å². The quantitative estimate of drug-likeness (QED) is 0.116. The molecule has 166 valence electrons. The molecule has 1 heterocycles. The van der Waals surface area contributed by atoms with Gasteiger partial charge in [-0.1, -0.05) is 18.5 Å². The van der Waals surface area contributed by atoms with Crippen LogP contribution in [0.1, 0.15) is 31.4 Å². The van der Waals surface area contributed by atoms with E-state index in [0.29, 0.717) is 27.2 Å². The predicted molar refractivity (Wildman–Crippen MR) is 125 cm³/mol. The number of ether oxygens (including phenoxy) is 3. The van der Waals surface area contributed by atoms with Crippen molar-refractivity contribution in [3.8, 4) is 11.5 Å². The summed E-state index contributed by atoms with van der Waals surface area (Å²) < 4.78 is 16.7. The molecular formula is C21H16ClIN2O7. The van der Waals surface area contributed by atoms with E-state index in [1.165, 1.54) is 24.3 Å². The van der Waals surface area contributed by atoms with E-state index >= 15 is 0 Å². The molecule has 3 rings (SSSR count). The summed E-state index contributed by atoms with van der Waals surface area (Å²) in [6.07, 6.45) is 1.69. The van der Waals surface area contributed by atoms with Crippen molar-refractivity contribution in [1.82, 2.24) is 0 Å². The zero-order valence-corrected chi connectivity index (χ0v) is 19.8. The van der Waals surface area contributed by atoms with Gasteiger partial charge in [0, 0.05) is 18.1 Å². The average Bonchev–Trinajstić information content (AvgIpc) is 3.10. The lowest BCUT2D eigenvalue weighted by Crippen LogP contribution is -2.09. The highest BCUT2D eigenvalue weighted by Gasteiger charge is 2.26. The van der Waals surface area contributed by atoms with Crippen LogP contribution in [-0.2, 0) is 14.3 Å². The molecule has 9 nitrogen and oxygen atoms in total. The summed E-state index contributed by atoms with van der Waals surface area (Å²) in [6.45, 7) is 3.82. The van der Waals surface area contributed by atoms with Gasteiger partial charge in [0.25, 0.3) is 5.69 Å². The Kier molecular flexibility index (Phi) is 7.46. The lowest BCUT2D eigenvalue weighted by atomic mass is 10.1. The van der Waals surface area contributed by atoms with Crippen LogP contribution in [0.2, 0.25) is 5.02 Å². The Morgan fingerprint density at radius 3 is 2.72 bits per heavy atom. The van der Waals surface area contributed by atoms with E-state index in [1.54, 1.807) is 26.0 Å². The third-order valence-corrected chi connectivity index (χ3v) is 5.27. The zero-order valence-electron chi connectivity index (χ0n) is 16.9. The molecule has 0 bridgehead atoms. The van der Waals surface area contributed by atoms with Crippen molar-refractivity contribution in [3.05, 3.63) is 65.9 Å². The Balaban J connectivity index is 1.98. The maximum Gasteiger partial charge on any atom is 0.363 e. The average molecular weight is 571 g/mol. The van der Waals surface area contributed by atoms with Crippen LogP contribution in [0.15, 0.2) is 41.0 Å². The highest BCUT2D eigenvalue weighted by atomic mass is 127. The molecule has 11 heteroatoms. The third kappa shape index (κ3) is 5.25. The van der Waals surface area contributed by atoms with Crippen molar-refractivity contribution in [3.63, 3.8) is 0 Å². The van der Waals surface area contributed by atoms with Crippen LogP contribution in [0.4, 0.5) is 5.69 Å². The van der Waals surface area contributed by atoms with E-state index in [-0.39, 0.29) is 34.3 Å². The number of nitro groups is 1. The van der Waals surface area contributed by atoms with E-state index < -0.39 is 16.9 Å². The van der Waals surface area contributed by atoms with Gasteiger partial charge in [-0.2, -0.15) is 0 Å². The highest BCUT2D eigenvalue weighted by Crippen LogP contribution is 2.36. The first-order valence-electron chi connectivity index (χ1n) is 9.37. The number of rotatable bonds is 7. The van der Waals surface area contributed by atoms with E-state index in [0.717, 1.165) is 0 Å². The number of hydrogen-bond acceptors (Lipinski definition) is 8. The second-order valence-corrected chi connectivity index (χ2v) is 7.92. The molecule has 1 aliphatic rings. The van der Waals surface area contributed by atoms with Gasteiger partial charge in [0.05, 0.1) is 15.1 Å². The molecule has 0 aromatic heterocycles. The fourth-order valence-corrected chi connectivity index (χ4v) is 3.62. The zero-order chi connectivity index (χ0) is 23.4. The van der Waals surface area contributed by atoms with Gasteiger partial charge in [0.15, 0.2) is 17.2 Å². The molecule has 0 fully saturated rings. The minimum atomic E-state index is -0.716. The summed E-state index contributed by atoms with van der Waals surface area (Å²) in [5.74, 6) is -0.549. The molecule has 1 aliphatic heterocycles. The smallest absolute Gasteiger partial charge is 0.363 e. The molecule has 0 saturated heterocycles. The molecule has 0 spiro atoms. The topological polar surface area (TPSA) is 117 Å². The molecule has 2 aromatic carbocycles. The third-order valence-electron chi connectivity index (χ3n) is 4.15. The van der Waals surface area contributed by atoms with Crippen molar-refractivity contribution in [2.45, 2.75) is 20.3 Å². The number of hydrogen-bond donors (Lipinski definition) is 0. The van der Waals surface area contributed by atoms with Crippen LogP contribution in [0.25, 0.3) is 6.08 Å². The monoisotopic (exact) mass is 570 g/mol. The fraction of sp³-hybridized carbons (Fsp3) is 0.190. The van der Waals surface area contributed by atoms with Gasteiger partial charge in [0.1, 0.15) is 5.02 Å². The highest BCUT2D eigenvalue weighted by molar-refractivity contribution is 14.1. The van der Waals surface area contributed by atoms with Gasteiger partial charge in [0.2, 0.25) is 5.90 Å². The number of nitrogens with zero attached hydrogens (tertiary/aromatic N) is 2. The van der Waals surface area contributed by atoms with E-state index in [2.05, 4.69) is 4.99 Å². The van der Waals surface area contributed by atoms with Crippen LogP contribution < -0.4 is 9.47 Å². The molecule has 2 aromatic rings. The molecule has 0 aliphatic carbocycles. The fourth-order valence-electron chi connectivity index (χ4n) is 2.70. The Hall–Kier alpha value is -2.99. The summed E-state index contributed by atoms with van der Waals surface area (Å²) in [5.41, 5.74) is 0.472. The summed E-state index contributed by atoms with van der Waals surface area (Å²) in [4.78, 5) is 38.7. The van der Waals surface area contributed by atoms with Crippen molar-refractivity contribution in [2.24, 2.45) is 4.99 Å². The first kappa shape index (κ1) is 23.7. The molecule has 0 saturated carbocycles. The SMILES string of the molecule is CCOc1cc(/C=C2\N=C(c3ccc(Cl)c([N+](=O)[O-])c3)OC2=O)cc(I)c1OC(=O)CC. The maximum atomic E-state index is 12.3. The number of carbonyl (C=O) groups is 2. The Labute approximate surface area is 201 Å². The van der Waals surface area contributed by atoms with Gasteiger partial charge in [-0.05, 0) is 65.4 Å². The van der Waals surface area contributed by atoms with Crippen molar-refractivity contribution >= 4 is 63.8 Å². The Bertz CT molecular complexity index is 1180. The number of halogens is 2. The van der Waals surface area contributed by atoms with Crippen molar-refractivity contribution in [1.29, 1.82) is 0 Å². The standard InChI is InChI=1S/C21H16ClIN2O7/c1-3-18(26)31-19-14(23)7-11(9-17(19)30-4-2)8-15-21(27)32-20(24-15)12-5-6-13(22)16(10-12)25(28)29/h5-10H,3-4H2,1-2H3/b15-8-. The second-order valence-electron chi connectivity index (χ2n) is 6.35. The van der Waals surface area contributed by atoms with Gasteiger partial charge in [-0.15, -0.1) is 0 Å². The predicted octanol–water partition coefficient (Wildman–Crippen LogP) is 4.91. The second kappa shape index (κ2) is 10.1. The number of esters is 2. The first-order chi connectivity index (χ1) is 15.2. The van der Waals surface area contributed by atoms with Crippen LogP contribution in [0.5, 0.6) is 11.5 Å². The molecule has 0 radical (unpaired) electrons. The number of nitro benzene ring substituents is 1. The normalized spacial score (nSPS) is 14.2. The molecule has 0 amide bonds. The minimum Gasteiger partial charge on any atom is -0.490 e. The number of aliphatic imine (C=N–C) groups is 1. The lowest BCUT2D eigenvalue weighted by molar-refractivity contribution is -0.384. The maximum absolute atomic E-state index is 12.3. The van der Waals surface area contributed by atoms with Gasteiger partial charge in [-0.25, -0.2) is 9.79 Å². The van der Waals surface area contributed by atoms with Crippen LogP contribution in [0, 0.1) is 13.7 Å². The van der Waals surface area contributed by atoms with Crippen LogP contribution in [0.3, 0.4) is 0 Å². The number of cyclic esters (lactones) is 1. The van der Waals surface area contributed by atoms with E-state index in [4.69, 9.17) is 25.8 Å². The summed E-state index contributed by atoms with van der Waals surface area (Å²) in [6, 6.07) is 7.30. The summed E-state index contributed by atoms with van der Waals surface area (Å²) >= 11 is 7.83. The minimum absolute atomic E-state index is 0.00541. The van der Waals surface area contributed by atoms with Gasteiger partial charge in [-0.3, -0.25) is 14.9 Å². The van der Waals surface area contributed by atoms with Gasteiger partial charge >= 0.3 is 11.9 Å².